The van der Waals surface area contributed by atoms with Gasteiger partial charge in [0.25, 0.3) is 0 Å². The van der Waals surface area contributed by atoms with E-state index < -0.39 is 0 Å². The van der Waals surface area contributed by atoms with Crippen LogP contribution in [0.2, 0.25) is 0 Å². The van der Waals surface area contributed by atoms with Crippen LogP contribution in [0.25, 0.3) is 0 Å². The number of methoxy groups -OCH3 is 1. The molecule has 0 bridgehead atoms. The summed E-state index contributed by atoms with van der Waals surface area (Å²) in [6, 6.07) is 0. The summed E-state index contributed by atoms with van der Waals surface area (Å²) in [7, 11) is 1.74. The van der Waals surface area contributed by atoms with Crippen molar-refractivity contribution in [2.45, 2.75) is 51.5 Å². The van der Waals surface area contributed by atoms with Gasteiger partial charge in [-0.05, 0) is 27.7 Å². The van der Waals surface area contributed by atoms with Crippen LogP contribution >= 0.6 is 0 Å². The van der Waals surface area contributed by atoms with Crippen LogP contribution in [0.4, 0.5) is 0 Å². The topological polar surface area (TPSA) is 47.7 Å². The predicted molar refractivity (Wildman–Crippen MR) is 65.5 cm³/mol. The SMILES string of the molecule is COC(C)C(C)(CN)N1C[C@@H](C)O[C@@H](C)C1. The first kappa shape index (κ1) is 13.9. The molecular formula is C12H26N2O2. The van der Waals surface area contributed by atoms with Gasteiger partial charge in [0.15, 0.2) is 0 Å². The molecule has 1 heterocycles. The summed E-state index contributed by atoms with van der Waals surface area (Å²) >= 11 is 0. The van der Waals surface area contributed by atoms with Crippen molar-refractivity contribution in [3.8, 4) is 0 Å². The molecule has 0 amide bonds. The van der Waals surface area contributed by atoms with E-state index in [0.29, 0.717) is 6.54 Å². The first-order chi connectivity index (χ1) is 7.43. The summed E-state index contributed by atoms with van der Waals surface area (Å²) in [4.78, 5) is 2.40. The quantitative estimate of drug-likeness (QED) is 0.778. The van der Waals surface area contributed by atoms with Gasteiger partial charge in [0, 0.05) is 26.7 Å². The molecule has 0 spiro atoms. The summed E-state index contributed by atoms with van der Waals surface area (Å²) < 4.78 is 11.2. The Balaban J connectivity index is 2.78. The Morgan fingerprint density at radius 1 is 1.44 bits per heavy atom. The maximum Gasteiger partial charge on any atom is 0.0736 e. The summed E-state index contributed by atoms with van der Waals surface area (Å²) in [5.41, 5.74) is 5.83. The second kappa shape index (κ2) is 5.45. The van der Waals surface area contributed by atoms with Gasteiger partial charge in [0.05, 0.1) is 23.9 Å². The van der Waals surface area contributed by atoms with Gasteiger partial charge >= 0.3 is 0 Å². The van der Waals surface area contributed by atoms with Crippen LogP contribution < -0.4 is 5.73 Å². The van der Waals surface area contributed by atoms with E-state index in [9.17, 15) is 0 Å². The lowest BCUT2D eigenvalue weighted by molar-refractivity contribution is -0.124. The van der Waals surface area contributed by atoms with Crippen LogP contribution in [-0.4, -0.2) is 55.5 Å². The Kier molecular flexibility index (Phi) is 4.73. The predicted octanol–water partition coefficient (Wildman–Crippen LogP) is 0.848. The zero-order chi connectivity index (χ0) is 12.3. The molecule has 1 aliphatic rings. The second-order valence-electron chi connectivity index (χ2n) is 5.10. The fourth-order valence-corrected chi connectivity index (χ4v) is 2.40. The molecule has 2 N–H and O–H groups in total. The van der Waals surface area contributed by atoms with Gasteiger partial charge < -0.3 is 15.2 Å². The van der Waals surface area contributed by atoms with E-state index in [1.54, 1.807) is 7.11 Å². The van der Waals surface area contributed by atoms with Gasteiger partial charge in [-0.3, -0.25) is 4.90 Å². The van der Waals surface area contributed by atoms with Gasteiger partial charge in [0.2, 0.25) is 0 Å². The van der Waals surface area contributed by atoms with Crippen molar-refractivity contribution >= 4 is 0 Å². The Morgan fingerprint density at radius 3 is 2.31 bits per heavy atom. The Morgan fingerprint density at radius 2 is 1.94 bits per heavy atom. The van der Waals surface area contributed by atoms with Crippen molar-refractivity contribution in [2.75, 3.05) is 26.7 Å². The van der Waals surface area contributed by atoms with E-state index in [1.165, 1.54) is 0 Å². The molecule has 1 saturated heterocycles. The van der Waals surface area contributed by atoms with E-state index in [-0.39, 0.29) is 23.9 Å². The molecule has 0 aromatic heterocycles. The van der Waals surface area contributed by atoms with Crippen molar-refractivity contribution in [1.29, 1.82) is 0 Å². The number of nitrogens with two attached hydrogens (primary N) is 1. The molecule has 4 atom stereocenters. The maximum atomic E-state index is 5.94. The van der Waals surface area contributed by atoms with E-state index in [1.807, 2.05) is 0 Å². The van der Waals surface area contributed by atoms with Crippen LogP contribution in [0.15, 0.2) is 0 Å². The molecule has 2 unspecified atom stereocenters. The summed E-state index contributed by atoms with van der Waals surface area (Å²) in [5, 5.41) is 0. The van der Waals surface area contributed by atoms with Crippen molar-refractivity contribution in [3.63, 3.8) is 0 Å². The van der Waals surface area contributed by atoms with Crippen LogP contribution in [0.3, 0.4) is 0 Å². The van der Waals surface area contributed by atoms with Crippen molar-refractivity contribution < 1.29 is 9.47 Å². The average molecular weight is 230 g/mol. The molecule has 1 rings (SSSR count). The molecular weight excluding hydrogens is 204 g/mol. The van der Waals surface area contributed by atoms with Crippen molar-refractivity contribution in [2.24, 2.45) is 5.73 Å². The summed E-state index contributed by atoms with van der Waals surface area (Å²) in [5.74, 6) is 0. The number of rotatable bonds is 4. The number of morpholine rings is 1. The minimum atomic E-state index is -0.110. The third-order valence-corrected chi connectivity index (χ3v) is 3.78. The van der Waals surface area contributed by atoms with Gasteiger partial charge in [-0.15, -0.1) is 0 Å². The minimum absolute atomic E-state index is 0.110. The fourth-order valence-electron chi connectivity index (χ4n) is 2.40. The molecule has 16 heavy (non-hydrogen) atoms. The smallest absolute Gasteiger partial charge is 0.0736 e. The van der Waals surface area contributed by atoms with Gasteiger partial charge in [-0.25, -0.2) is 0 Å². The lowest BCUT2D eigenvalue weighted by atomic mass is 9.92. The van der Waals surface area contributed by atoms with Crippen molar-refractivity contribution in [1.82, 2.24) is 4.90 Å². The zero-order valence-corrected chi connectivity index (χ0v) is 11.2. The highest BCUT2D eigenvalue weighted by Gasteiger charge is 2.39. The third-order valence-electron chi connectivity index (χ3n) is 3.78. The highest BCUT2D eigenvalue weighted by atomic mass is 16.5. The van der Waals surface area contributed by atoms with E-state index in [2.05, 4.69) is 32.6 Å². The highest BCUT2D eigenvalue weighted by molar-refractivity contribution is 4.95. The van der Waals surface area contributed by atoms with E-state index >= 15 is 0 Å². The van der Waals surface area contributed by atoms with Crippen LogP contribution in [0.1, 0.15) is 27.7 Å². The second-order valence-corrected chi connectivity index (χ2v) is 5.10. The molecule has 0 aromatic rings. The molecule has 0 aromatic carbocycles. The normalized spacial score (nSPS) is 33.4. The minimum Gasteiger partial charge on any atom is -0.380 e. The molecule has 0 saturated carbocycles. The van der Waals surface area contributed by atoms with Crippen molar-refractivity contribution in [3.05, 3.63) is 0 Å². The Bertz CT molecular complexity index is 215. The van der Waals surface area contributed by atoms with E-state index in [4.69, 9.17) is 15.2 Å². The van der Waals surface area contributed by atoms with Crippen LogP contribution in [0.5, 0.6) is 0 Å². The molecule has 4 nitrogen and oxygen atoms in total. The lowest BCUT2D eigenvalue weighted by Crippen LogP contribution is -2.64. The number of hydrogen-bond acceptors (Lipinski definition) is 4. The largest absolute Gasteiger partial charge is 0.380 e. The van der Waals surface area contributed by atoms with Gasteiger partial charge in [0.1, 0.15) is 0 Å². The number of ether oxygens (including phenoxy) is 2. The monoisotopic (exact) mass is 230 g/mol. The average Bonchev–Trinajstić information content (AvgIpc) is 2.25. The maximum absolute atomic E-state index is 5.94. The van der Waals surface area contributed by atoms with Crippen LogP contribution in [0, 0.1) is 0 Å². The molecule has 0 aliphatic carbocycles. The number of hydrogen-bond donors (Lipinski definition) is 1. The van der Waals surface area contributed by atoms with E-state index in [0.717, 1.165) is 13.1 Å². The Labute approximate surface area is 99.1 Å². The standard InChI is InChI=1S/C12H26N2O2/c1-9-6-14(7-10(2)16-9)12(4,8-13)11(3)15-5/h9-11H,6-8,13H2,1-5H3/t9-,10+,11?,12?. The molecule has 4 heteroatoms. The fraction of sp³-hybridized carbons (Fsp3) is 1.00. The molecule has 96 valence electrons. The first-order valence-corrected chi connectivity index (χ1v) is 6.07. The Hall–Kier alpha value is -0.160. The summed E-state index contributed by atoms with van der Waals surface area (Å²) in [6.45, 7) is 10.9. The highest BCUT2D eigenvalue weighted by Crippen LogP contribution is 2.25. The van der Waals surface area contributed by atoms with Gasteiger partial charge in [-0.2, -0.15) is 0 Å². The first-order valence-electron chi connectivity index (χ1n) is 6.07. The number of nitrogens with zero attached hydrogens (tertiary/aromatic N) is 1. The zero-order valence-electron chi connectivity index (χ0n) is 11.2. The molecule has 1 aliphatic heterocycles. The third kappa shape index (κ3) is 2.74. The lowest BCUT2D eigenvalue weighted by Gasteiger charge is -2.48. The molecule has 1 fully saturated rings. The molecule has 0 radical (unpaired) electrons. The van der Waals surface area contributed by atoms with Crippen LogP contribution in [-0.2, 0) is 9.47 Å². The summed E-state index contributed by atoms with van der Waals surface area (Å²) in [6.07, 6.45) is 0.646. The van der Waals surface area contributed by atoms with Gasteiger partial charge in [-0.1, -0.05) is 0 Å².